The van der Waals surface area contributed by atoms with Gasteiger partial charge < -0.3 is 33.5 Å². The van der Waals surface area contributed by atoms with Crippen molar-refractivity contribution >= 4 is 0 Å². The summed E-state index contributed by atoms with van der Waals surface area (Å²) >= 11 is 0. The molecule has 1 saturated heterocycles. The number of ether oxygens (including phenoxy) is 6. The van der Waals surface area contributed by atoms with Crippen molar-refractivity contribution in [1.82, 2.24) is 9.55 Å². The van der Waals surface area contributed by atoms with Gasteiger partial charge in [-0.1, -0.05) is 54.6 Å². The first-order chi connectivity index (χ1) is 22.2. The van der Waals surface area contributed by atoms with Crippen LogP contribution in [0.1, 0.15) is 35.4 Å². The number of methoxy groups -OCH3 is 3. The standard InChI is InChI=1S/C35H40N2O9/c1-22-21-37(34(40)36-32(22)39)33-31(44-20-19-41-3)29(38)30(45-33)23(2)46-35(24-9-7-6-8-10-24,25-11-15-27(42-4)16-12-25)26-13-17-28(43-5)18-14-26/h6-18,21,23,29-31,33,38H,19-20H2,1-5H3,(H,36,39,40)/t23-,29-,30-,31-,33-/m1/s1. The Hall–Kier alpha value is -4.26. The van der Waals surface area contributed by atoms with Gasteiger partial charge in [-0.05, 0) is 54.8 Å². The van der Waals surface area contributed by atoms with Crippen molar-refractivity contribution in [2.75, 3.05) is 34.5 Å². The third-order valence-corrected chi connectivity index (χ3v) is 8.27. The molecule has 0 amide bonds. The molecule has 1 fully saturated rings. The molecule has 11 heteroatoms. The van der Waals surface area contributed by atoms with Crippen LogP contribution in [-0.4, -0.2) is 73.6 Å². The van der Waals surface area contributed by atoms with Crippen LogP contribution < -0.4 is 20.7 Å². The van der Waals surface area contributed by atoms with Crippen molar-refractivity contribution < 1.29 is 33.5 Å². The molecule has 0 radical (unpaired) electrons. The molecule has 0 spiro atoms. The van der Waals surface area contributed by atoms with E-state index >= 15 is 0 Å². The molecule has 244 valence electrons. The zero-order chi connectivity index (χ0) is 32.8. The van der Waals surface area contributed by atoms with Crippen molar-refractivity contribution in [2.45, 2.75) is 50.1 Å². The van der Waals surface area contributed by atoms with Crippen LogP contribution in [0, 0.1) is 6.92 Å². The highest BCUT2D eigenvalue weighted by Gasteiger charge is 2.51. The maximum Gasteiger partial charge on any atom is 0.330 e. The maximum atomic E-state index is 12.9. The van der Waals surface area contributed by atoms with E-state index in [2.05, 4.69) is 4.98 Å². The number of H-pyrrole nitrogens is 1. The molecule has 1 aromatic heterocycles. The second kappa shape index (κ2) is 14.4. The van der Waals surface area contributed by atoms with Crippen LogP contribution in [0.4, 0.5) is 0 Å². The predicted octanol–water partition coefficient (Wildman–Crippen LogP) is 3.55. The van der Waals surface area contributed by atoms with Crippen molar-refractivity contribution in [3.63, 3.8) is 0 Å². The Bertz CT molecular complexity index is 1640. The highest BCUT2D eigenvalue weighted by atomic mass is 16.6. The van der Waals surface area contributed by atoms with Gasteiger partial charge in [-0.2, -0.15) is 0 Å². The molecule has 3 aromatic carbocycles. The van der Waals surface area contributed by atoms with E-state index in [0.29, 0.717) is 17.1 Å². The number of aryl methyl sites for hydroxylation is 1. The van der Waals surface area contributed by atoms with Crippen molar-refractivity contribution in [1.29, 1.82) is 0 Å². The largest absolute Gasteiger partial charge is 0.497 e. The zero-order valence-corrected chi connectivity index (χ0v) is 26.5. The monoisotopic (exact) mass is 632 g/mol. The van der Waals surface area contributed by atoms with E-state index in [-0.39, 0.29) is 13.2 Å². The molecule has 5 rings (SSSR count). The number of aliphatic hydroxyl groups excluding tert-OH is 1. The molecular formula is C35H40N2O9. The molecular weight excluding hydrogens is 592 g/mol. The van der Waals surface area contributed by atoms with Crippen LogP contribution in [0.5, 0.6) is 11.5 Å². The summed E-state index contributed by atoms with van der Waals surface area (Å²) in [6, 6.07) is 25.0. The van der Waals surface area contributed by atoms with Gasteiger partial charge in [0, 0.05) is 18.9 Å². The van der Waals surface area contributed by atoms with E-state index in [9.17, 15) is 14.7 Å². The average Bonchev–Trinajstić information content (AvgIpc) is 3.41. The fourth-order valence-electron chi connectivity index (χ4n) is 5.88. The molecule has 2 N–H and O–H groups in total. The van der Waals surface area contributed by atoms with Crippen LogP contribution in [0.3, 0.4) is 0 Å². The average molecular weight is 633 g/mol. The van der Waals surface area contributed by atoms with Crippen molar-refractivity contribution in [3.05, 3.63) is 128 Å². The van der Waals surface area contributed by atoms with Gasteiger partial charge >= 0.3 is 5.69 Å². The minimum atomic E-state index is -1.21. The highest BCUT2D eigenvalue weighted by molar-refractivity contribution is 5.49. The summed E-state index contributed by atoms with van der Waals surface area (Å²) in [6.45, 7) is 3.80. The van der Waals surface area contributed by atoms with E-state index in [0.717, 1.165) is 16.7 Å². The normalized spacial score (nSPS) is 20.4. The first-order valence-corrected chi connectivity index (χ1v) is 15.0. The number of nitrogens with zero attached hydrogens (tertiary/aromatic N) is 1. The molecule has 0 aliphatic carbocycles. The number of nitrogens with one attached hydrogen (secondary N) is 1. The quantitative estimate of drug-likeness (QED) is 0.168. The molecule has 0 bridgehead atoms. The summed E-state index contributed by atoms with van der Waals surface area (Å²) in [5.41, 5.74) is 0.388. The van der Waals surface area contributed by atoms with Gasteiger partial charge in [-0.15, -0.1) is 0 Å². The molecule has 1 aliphatic rings. The van der Waals surface area contributed by atoms with E-state index in [1.165, 1.54) is 10.8 Å². The lowest BCUT2D eigenvalue weighted by atomic mass is 9.79. The van der Waals surface area contributed by atoms with E-state index in [1.54, 1.807) is 28.3 Å². The topological polar surface area (TPSA) is 130 Å². The van der Waals surface area contributed by atoms with Gasteiger partial charge in [0.2, 0.25) is 0 Å². The number of rotatable bonds is 13. The fourth-order valence-corrected chi connectivity index (χ4v) is 5.88. The Morgan fingerprint density at radius 1 is 0.870 bits per heavy atom. The van der Waals surface area contributed by atoms with Crippen LogP contribution >= 0.6 is 0 Å². The third-order valence-electron chi connectivity index (χ3n) is 8.27. The van der Waals surface area contributed by atoms with Crippen LogP contribution in [-0.2, 0) is 24.5 Å². The number of aromatic nitrogens is 2. The number of aliphatic hydroxyl groups is 1. The van der Waals surface area contributed by atoms with Gasteiger partial charge in [0.05, 0.1) is 33.5 Å². The maximum absolute atomic E-state index is 12.9. The summed E-state index contributed by atoms with van der Waals surface area (Å²) in [5.74, 6) is 1.37. The molecule has 4 aromatic rings. The van der Waals surface area contributed by atoms with Crippen LogP contribution in [0.15, 0.2) is 94.6 Å². The third kappa shape index (κ3) is 6.51. The minimum absolute atomic E-state index is 0.142. The summed E-state index contributed by atoms with van der Waals surface area (Å²) in [7, 11) is 4.76. The molecule has 11 nitrogen and oxygen atoms in total. The minimum Gasteiger partial charge on any atom is -0.497 e. The Kier molecular flexibility index (Phi) is 10.4. The number of aromatic amines is 1. The van der Waals surface area contributed by atoms with Gasteiger partial charge in [0.1, 0.15) is 35.4 Å². The first kappa shape index (κ1) is 33.1. The Labute approximate surface area is 267 Å². The second-order valence-electron chi connectivity index (χ2n) is 11.1. The summed E-state index contributed by atoms with van der Waals surface area (Å²) in [5, 5.41) is 11.7. The zero-order valence-electron chi connectivity index (χ0n) is 26.5. The van der Waals surface area contributed by atoms with Gasteiger partial charge in [0.15, 0.2) is 6.23 Å². The molecule has 1 aliphatic heterocycles. The van der Waals surface area contributed by atoms with Gasteiger partial charge in [-0.25, -0.2) is 4.79 Å². The Balaban J connectivity index is 1.61. The van der Waals surface area contributed by atoms with E-state index in [1.807, 2.05) is 85.8 Å². The first-order valence-electron chi connectivity index (χ1n) is 15.0. The lowest BCUT2D eigenvalue weighted by molar-refractivity contribution is -0.138. The lowest BCUT2D eigenvalue weighted by Gasteiger charge is -2.40. The van der Waals surface area contributed by atoms with Crippen molar-refractivity contribution in [3.8, 4) is 11.5 Å². The molecule has 5 atom stereocenters. The smallest absolute Gasteiger partial charge is 0.330 e. The van der Waals surface area contributed by atoms with Gasteiger partial charge in [-0.3, -0.25) is 14.3 Å². The Morgan fingerprint density at radius 3 is 1.98 bits per heavy atom. The second-order valence-corrected chi connectivity index (χ2v) is 11.1. The Morgan fingerprint density at radius 2 is 1.43 bits per heavy atom. The number of hydrogen-bond donors (Lipinski definition) is 2. The summed E-state index contributed by atoms with van der Waals surface area (Å²) in [6.07, 6.45) is -3.55. The molecule has 0 unspecified atom stereocenters. The fraction of sp³-hybridized carbons (Fsp3) is 0.371. The van der Waals surface area contributed by atoms with E-state index < -0.39 is 47.5 Å². The molecule has 2 heterocycles. The number of benzene rings is 3. The van der Waals surface area contributed by atoms with Crippen LogP contribution in [0.25, 0.3) is 0 Å². The number of hydrogen-bond acceptors (Lipinski definition) is 9. The van der Waals surface area contributed by atoms with Gasteiger partial charge in [0.25, 0.3) is 5.56 Å². The summed E-state index contributed by atoms with van der Waals surface area (Å²) in [4.78, 5) is 27.4. The SMILES string of the molecule is COCCO[C@@H]1[C@H](O)[C@@H]([C@@H](C)OC(c2ccccc2)(c2ccc(OC)cc2)c2ccc(OC)cc2)O[C@H]1n1cc(C)c(=O)[nH]c1=O. The predicted molar refractivity (Wildman–Crippen MR) is 170 cm³/mol. The van der Waals surface area contributed by atoms with E-state index in [4.69, 9.17) is 28.4 Å². The van der Waals surface area contributed by atoms with Crippen LogP contribution in [0.2, 0.25) is 0 Å². The summed E-state index contributed by atoms with van der Waals surface area (Å²) < 4.78 is 36.9. The molecule has 46 heavy (non-hydrogen) atoms. The van der Waals surface area contributed by atoms with Crippen molar-refractivity contribution in [2.24, 2.45) is 0 Å². The highest BCUT2D eigenvalue weighted by Crippen LogP contribution is 2.44. The molecule has 0 saturated carbocycles. The lowest BCUT2D eigenvalue weighted by Crippen LogP contribution is -2.45.